The third kappa shape index (κ3) is 1.64. The monoisotopic (exact) mass is 240 g/mol. The van der Waals surface area contributed by atoms with Gasteiger partial charge in [-0.15, -0.1) is 0 Å². The molecule has 3 rings (SSSR count). The molecule has 0 fully saturated rings. The molecule has 90 valence electrons. The maximum absolute atomic E-state index is 5.93. The molecular formula is C12H12N6. The lowest BCUT2D eigenvalue weighted by Crippen LogP contribution is -1.88. The zero-order valence-corrected chi connectivity index (χ0v) is 9.83. The summed E-state index contributed by atoms with van der Waals surface area (Å²) in [5.74, 6) is 0.472. The molecule has 0 saturated heterocycles. The molecule has 3 heterocycles. The van der Waals surface area contributed by atoms with Crippen LogP contribution in [0.5, 0.6) is 0 Å². The minimum absolute atomic E-state index is 0.472. The fourth-order valence-electron chi connectivity index (χ4n) is 1.93. The number of pyridine rings is 1. The topological polar surface area (TPSA) is 85.4 Å². The molecule has 6 heteroatoms. The van der Waals surface area contributed by atoms with Crippen LogP contribution in [0.3, 0.4) is 0 Å². The van der Waals surface area contributed by atoms with Gasteiger partial charge < -0.3 is 5.73 Å². The average Bonchev–Trinajstić information content (AvgIpc) is 2.96. The fourth-order valence-corrected chi connectivity index (χ4v) is 1.93. The largest absolute Gasteiger partial charge is 0.382 e. The minimum atomic E-state index is 0.472. The Morgan fingerprint density at radius 3 is 2.67 bits per heavy atom. The first-order chi connectivity index (χ1) is 8.75. The molecule has 3 aromatic rings. The van der Waals surface area contributed by atoms with Crippen molar-refractivity contribution in [3.8, 4) is 22.4 Å². The van der Waals surface area contributed by atoms with Gasteiger partial charge in [0.25, 0.3) is 0 Å². The Balaban J connectivity index is 2.18. The second kappa shape index (κ2) is 3.99. The molecule has 3 aromatic heterocycles. The summed E-state index contributed by atoms with van der Waals surface area (Å²) in [5.41, 5.74) is 9.61. The van der Waals surface area contributed by atoms with Crippen molar-refractivity contribution in [3.05, 3.63) is 36.9 Å². The van der Waals surface area contributed by atoms with Crippen molar-refractivity contribution in [1.82, 2.24) is 25.0 Å². The number of anilines is 1. The van der Waals surface area contributed by atoms with Gasteiger partial charge >= 0.3 is 0 Å². The number of hydrogen-bond acceptors (Lipinski definition) is 4. The highest BCUT2D eigenvalue weighted by molar-refractivity contribution is 5.87. The summed E-state index contributed by atoms with van der Waals surface area (Å²) in [5, 5.41) is 11.2. The highest BCUT2D eigenvalue weighted by atomic mass is 15.2. The second-order valence-corrected chi connectivity index (χ2v) is 4.00. The lowest BCUT2D eigenvalue weighted by Gasteiger charge is -2.01. The normalized spacial score (nSPS) is 10.7. The molecule has 0 unspecified atom stereocenters. The summed E-state index contributed by atoms with van der Waals surface area (Å²) in [6, 6.07) is 3.81. The van der Waals surface area contributed by atoms with Crippen LogP contribution in [0.2, 0.25) is 0 Å². The van der Waals surface area contributed by atoms with Crippen molar-refractivity contribution >= 4 is 5.82 Å². The van der Waals surface area contributed by atoms with Crippen LogP contribution >= 0.6 is 0 Å². The maximum Gasteiger partial charge on any atom is 0.153 e. The Kier molecular flexibility index (Phi) is 2.33. The summed E-state index contributed by atoms with van der Waals surface area (Å²) in [6.07, 6.45) is 7.15. The van der Waals surface area contributed by atoms with E-state index in [-0.39, 0.29) is 0 Å². The van der Waals surface area contributed by atoms with Crippen LogP contribution in [0.1, 0.15) is 0 Å². The van der Waals surface area contributed by atoms with Gasteiger partial charge in [0.2, 0.25) is 0 Å². The minimum Gasteiger partial charge on any atom is -0.382 e. The number of nitrogen functional groups attached to an aromatic ring is 1. The summed E-state index contributed by atoms with van der Waals surface area (Å²) < 4.78 is 1.74. The van der Waals surface area contributed by atoms with Gasteiger partial charge in [0.15, 0.2) is 5.82 Å². The first-order valence-electron chi connectivity index (χ1n) is 5.49. The van der Waals surface area contributed by atoms with E-state index in [1.165, 1.54) is 0 Å². The summed E-state index contributed by atoms with van der Waals surface area (Å²) in [4.78, 5) is 4.00. The van der Waals surface area contributed by atoms with Gasteiger partial charge in [-0.05, 0) is 17.7 Å². The lowest BCUT2D eigenvalue weighted by atomic mass is 10.0. The molecule has 0 aliphatic rings. The van der Waals surface area contributed by atoms with E-state index < -0.39 is 0 Å². The van der Waals surface area contributed by atoms with Crippen molar-refractivity contribution in [3.63, 3.8) is 0 Å². The molecule has 18 heavy (non-hydrogen) atoms. The summed E-state index contributed by atoms with van der Waals surface area (Å²) in [7, 11) is 1.87. The van der Waals surface area contributed by atoms with E-state index in [1.807, 2.05) is 25.4 Å². The Morgan fingerprint density at radius 1 is 1.22 bits per heavy atom. The highest BCUT2D eigenvalue weighted by Crippen LogP contribution is 2.33. The standard InChI is InChI=1S/C12H12N6/c1-18-7-9(6-15-18)11-10(12(13)17-16-11)8-2-4-14-5-3-8/h2-7H,1H3,(H3,13,16,17). The zero-order valence-electron chi connectivity index (χ0n) is 9.83. The highest BCUT2D eigenvalue weighted by Gasteiger charge is 2.15. The van der Waals surface area contributed by atoms with Crippen LogP contribution in [0.15, 0.2) is 36.9 Å². The fraction of sp³-hybridized carbons (Fsp3) is 0.0833. The predicted molar refractivity (Wildman–Crippen MR) is 68.4 cm³/mol. The third-order valence-corrected chi connectivity index (χ3v) is 2.76. The summed E-state index contributed by atoms with van der Waals surface area (Å²) in [6.45, 7) is 0. The van der Waals surface area contributed by atoms with E-state index in [1.54, 1.807) is 23.3 Å². The van der Waals surface area contributed by atoms with Gasteiger partial charge in [0.1, 0.15) is 0 Å². The zero-order chi connectivity index (χ0) is 12.5. The predicted octanol–water partition coefficient (Wildman–Crippen LogP) is 1.45. The Hall–Kier alpha value is -2.63. The van der Waals surface area contributed by atoms with Crippen LogP contribution in [-0.4, -0.2) is 25.0 Å². The molecule has 0 spiro atoms. The Labute approximate surface area is 103 Å². The number of nitrogens with one attached hydrogen (secondary N) is 1. The smallest absolute Gasteiger partial charge is 0.153 e. The number of hydrogen-bond donors (Lipinski definition) is 2. The van der Waals surface area contributed by atoms with Crippen LogP contribution in [0.4, 0.5) is 5.82 Å². The molecule has 0 amide bonds. The molecule has 3 N–H and O–H groups in total. The van der Waals surface area contributed by atoms with Crippen molar-refractivity contribution in [1.29, 1.82) is 0 Å². The molecule has 0 bridgehead atoms. The van der Waals surface area contributed by atoms with E-state index >= 15 is 0 Å². The van der Waals surface area contributed by atoms with Gasteiger partial charge in [-0.3, -0.25) is 14.8 Å². The molecule has 0 saturated carbocycles. The van der Waals surface area contributed by atoms with Crippen molar-refractivity contribution in [2.24, 2.45) is 7.05 Å². The van der Waals surface area contributed by atoms with E-state index in [2.05, 4.69) is 20.3 Å². The van der Waals surface area contributed by atoms with Crippen LogP contribution in [-0.2, 0) is 7.05 Å². The van der Waals surface area contributed by atoms with E-state index in [0.717, 1.165) is 22.4 Å². The SMILES string of the molecule is Cn1cc(-c2[nH]nc(N)c2-c2ccncc2)cn1. The molecule has 0 atom stereocenters. The number of aryl methyl sites for hydroxylation is 1. The van der Waals surface area contributed by atoms with Crippen molar-refractivity contribution < 1.29 is 0 Å². The molecule has 6 nitrogen and oxygen atoms in total. The Bertz CT molecular complexity index is 667. The van der Waals surface area contributed by atoms with E-state index in [9.17, 15) is 0 Å². The number of rotatable bonds is 2. The first kappa shape index (κ1) is 10.5. The van der Waals surface area contributed by atoms with Gasteiger partial charge in [-0.25, -0.2) is 0 Å². The molecule has 0 aromatic carbocycles. The molecular weight excluding hydrogens is 228 g/mol. The molecule has 0 aliphatic heterocycles. The van der Waals surface area contributed by atoms with Gasteiger partial charge in [-0.2, -0.15) is 10.2 Å². The van der Waals surface area contributed by atoms with E-state index in [4.69, 9.17) is 5.73 Å². The quantitative estimate of drug-likeness (QED) is 0.710. The van der Waals surface area contributed by atoms with Crippen LogP contribution in [0.25, 0.3) is 22.4 Å². The number of aromatic nitrogens is 5. The average molecular weight is 240 g/mol. The van der Waals surface area contributed by atoms with Crippen LogP contribution in [0, 0.1) is 0 Å². The van der Waals surface area contributed by atoms with Crippen molar-refractivity contribution in [2.75, 3.05) is 5.73 Å². The summed E-state index contributed by atoms with van der Waals surface area (Å²) >= 11 is 0. The van der Waals surface area contributed by atoms with Gasteiger partial charge in [0.05, 0.1) is 17.5 Å². The lowest BCUT2D eigenvalue weighted by molar-refractivity contribution is 0.768. The number of nitrogens with zero attached hydrogens (tertiary/aromatic N) is 4. The van der Waals surface area contributed by atoms with E-state index in [0.29, 0.717) is 5.82 Å². The number of aromatic amines is 1. The van der Waals surface area contributed by atoms with Gasteiger partial charge in [-0.1, -0.05) is 0 Å². The first-order valence-corrected chi connectivity index (χ1v) is 5.49. The Morgan fingerprint density at radius 2 is 2.00 bits per heavy atom. The van der Waals surface area contributed by atoms with Gasteiger partial charge in [0, 0.05) is 31.2 Å². The second-order valence-electron chi connectivity index (χ2n) is 4.00. The maximum atomic E-state index is 5.93. The van der Waals surface area contributed by atoms with Crippen LogP contribution < -0.4 is 5.73 Å². The number of H-pyrrole nitrogens is 1. The molecule has 0 radical (unpaired) electrons. The number of nitrogens with two attached hydrogens (primary N) is 1. The third-order valence-electron chi connectivity index (χ3n) is 2.76. The molecule has 0 aliphatic carbocycles. The van der Waals surface area contributed by atoms with Crippen molar-refractivity contribution in [2.45, 2.75) is 0 Å².